The van der Waals surface area contributed by atoms with Crippen LogP contribution < -0.4 is 5.32 Å². The molecule has 1 unspecified atom stereocenters. The lowest BCUT2D eigenvalue weighted by Crippen LogP contribution is -2.35. The van der Waals surface area contributed by atoms with Gasteiger partial charge in [-0.25, -0.2) is 0 Å². The normalized spacial score (nSPS) is 33.0. The molecule has 3 rings (SSSR count). The Kier molecular flexibility index (Phi) is 4.55. The van der Waals surface area contributed by atoms with Gasteiger partial charge >= 0.3 is 0 Å². The van der Waals surface area contributed by atoms with E-state index in [1.165, 1.54) is 64.8 Å². The molecule has 3 saturated heterocycles. The summed E-state index contributed by atoms with van der Waals surface area (Å²) in [6.07, 6.45) is 6.84. The van der Waals surface area contributed by atoms with Crippen LogP contribution in [0.2, 0.25) is 0 Å². The minimum atomic E-state index is 0.955. The molecule has 0 aromatic carbocycles. The van der Waals surface area contributed by atoms with Crippen LogP contribution in [0, 0.1) is 17.8 Å². The van der Waals surface area contributed by atoms with Gasteiger partial charge in [-0.3, -0.25) is 0 Å². The van der Waals surface area contributed by atoms with Crippen LogP contribution in [-0.4, -0.2) is 50.8 Å². The van der Waals surface area contributed by atoms with E-state index in [0.29, 0.717) is 0 Å². The Morgan fingerprint density at radius 3 is 2.50 bits per heavy atom. The lowest BCUT2D eigenvalue weighted by atomic mass is 9.85. The second kappa shape index (κ2) is 6.36. The molecule has 0 aromatic rings. The number of nitrogens with one attached hydrogen (secondary N) is 1. The van der Waals surface area contributed by atoms with Crippen LogP contribution in [0.25, 0.3) is 0 Å². The largest absolute Gasteiger partial charge is 0.381 e. The third-order valence-electron chi connectivity index (χ3n) is 5.22. The standard InChI is InChI=1S/C15H28N2O/c1-6-16-7-2-13(1)11-17-8-3-15(12-17)14-4-9-18-10-5-14/h13-16H,1-12H2. The zero-order valence-electron chi connectivity index (χ0n) is 11.6. The molecule has 0 aromatic heterocycles. The third-order valence-corrected chi connectivity index (χ3v) is 5.22. The van der Waals surface area contributed by atoms with Gasteiger partial charge < -0.3 is 15.0 Å². The molecule has 3 aliphatic heterocycles. The van der Waals surface area contributed by atoms with E-state index in [-0.39, 0.29) is 0 Å². The molecule has 3 fully saturated rings. The molecule has 0 radical (unpaired) electrons. The van der Waals surface area contributed by atoms with Crippen LogP contribution in [0.5, 0.6) is 0 Å². The molecule has 1 N–H and O–H groups in total. The van der Waals surface area contributed by atoms with Crippen LogP contribution >= 0.6 is 0 Å². The highest BCUT2D eigenvalue weighted by Gasteiger charge is 2.31. The van der Waals surface area contributed by atoms with Gasteiger partial charge in [0.2, 0.25) is 0 Å². The fraction of sp³-hybridized carbons (Fsp3) is 1.00. The average molecular weight is 252 g/mol. The van der Waals surface area contributed by atoms with Crippen molar-refractivity contribution in [2.45, 2.75) is 32.1 Å². The summed E-state index contributed by atoms with van der Waals surface area (Å²) in [5.74, 6) is 2.88. The summed E-state index contributed by atoms with van der Waals surface area (Å²) in [4.78, 5) is 2.75. The van der Waals surface area contributed by atoms with Crippen molar-refractivity contribution in [3.63, 3.8) is 0 Å². The Balaban J connectivity index is 1.42. The molecule has 1 atom stereocenters. The lowest BCUT2D eigenvalue weighted by Gasteiger charge is -2.29. The smallest absolute Gasteiger partial charge is 0.0468 e. The van der Waals surface area contributed by atoms with Crippen molar-refractivity contribution >= 4 is 0 Å². The van der Waals surface area contributed by atoms with Gasteiger partial charge in [-0.05, 0) is 69.5 Å². The van der Waals surface area contributed by atoms with Crippen molar-refractivity contribution in [3.05, 3.63) is 0 Å². The minimum absolute atomic E-state index is 0.955. The molecular weight excluding hydrogens is 224 g/mol. The quantitative estimate of drug-likeness (QED) is 0.828. The molecule has 0 bridgehead atoms. The summed E-state index contributed by atoms with van der Waals surface area (Å²) in [6, 6.07) is 0. The maximum Gasteiger partial charge on any atom is 0.0468 e. The topological polar surface area (TPSA) is 24.5 Å². The Morgan fingerprint density at radius 2 is 1.72 bits per heavy atom. The summed E-state index contributed by atoms with van der Waals surface area (Å²) in [5, 5.41) is 3.47. The van der Waals surface area contributed by atoms with Gasteiger partial charge in [0, 0.05) is 26.3 Å². The molecule has 3 heterocycles. The maximum atomic E-state index is 5.49. The van der Waals surface area contributed by atoms with Crippen molar-refractivity contribution in [1.29, 1.82) is 0 Å². The van der Waals surface area contributed by atoms with Gasteiger partial charge in [0.25, 0.3) is 0 Å². The summed E-state index contributed by atoms with van der Waals surface area (Å²) in [7, 11) is 0. The van der Waals surface area contributed by atoms with Crippen LogP contribution in [0.3, 0.4) is 0 Å². The van der Waals surface area contributed by atoms with Gasteiger partial charge in [-0.2, -0.15) is 0 Å². The highest BCUT2D eigenvalue weighted by Crippen LogP contribution is 2.31. The predicted octanol–water partition coefficient (Wildman–Crippen LogP) is 1.73. The zero-order chi connectivity index (χ0) is 12.2. The highest BCUT2D eigenvalue weighted by atomic mass is 16.5. The van der Waals surface area contributed by atoms with Gasteiger partial charge in [0.05, 0.1) is 0 Å². The first kappa shape index (κ1) is 12.9. The molecule has 3 heteroatoms. The number of hydrogen-bond donors (Lipinski definition) is 1. The maximum absolute atomic E-state index is 5.49. The van der Waals surface area contributed by atoms with Crippen LogP contribution in [-0.2, 0) is 4.74 Å². The Bertz CT molecular complexity index is 247. The predicted molar refractivity (Wildman–Crippen MR) is 73.7 cm³/mol. The van der Waals surface area contributed by atoms with E-state index < -0.39 is 0 Å². The average Bonchev–Trinajstić information content (AvgIpc) is 2.89. The number of piperidine rings is 1. The van der Waals surface area contributed by atoms with E-state index in [0.717, 1.165) is 31.0 Å². The minimum Gasteiger partial charge on any atom is -0.381 e. The molecule has 0 spiro atoms. The Labute approximate surface area is 111 Å². The Morgan fingerprint density at radius 1 is 0.944 bits per heavy atom. The summed E-state index contributed by atoms with van der Waals surface area (Å²) in [5.41, 5.74) is 0. The molecule has 18 heavy (non-hydrogen) atoms. The zero-order valence-corrected chi connectivity index (χ0v) is 11.6. The monoisotopic (exact) mass is 252 g/mol. The number of nitrogens with zero attached hydrogens (tertiary/aromatic N) is 1. The van der Waals surface area contributed by atoms with E-state index in [1.54, 1.807) is 0 Å². The molecule has 3 nitrogen and oxygen atoms in total. The number of ether oxygens (including phenoxy) is 1. The van der Waals surface area contributed by atoms with Crippen LogP contribution in [0.4, 0.5) is 0 Å². The fourth-order valence-corrected chi connectivity index (χ4v) is 4.03. The number of hydrogen-bond acceptors (Lipinski definition) is 3. The van der Waals surface area contributed by atoms with Crippen LogP contribution in [0.15, 0.2) is 0 Å². The van der Waals surface area contributed by atoms with Gasteiger partial charge in [-0.15, -0.1) is 0 Å². The van der Waals surface area contributed by atoms with E-state index >= 15 is 0 Å². The van der Waals surface area contributed by atoms with Crippen molar-refractivity contribution in [1.82, 2.24) is 10.2 Å². The van der Waals surface area contributed by atoms with Crippen LogP contribution in [0.1, 0.15) is 32.1 Å². The summed E-state index contributed by atoms with van der Waals surface area (Å²) < 4.78 is 5.49. The van der Waals surface area contributed by atoms with Crippen molar-refractivity contribution in [3.8, 4) is 0 Å². The molecule has 3 aliphatic rings. The van der Waals surface area contributed by atoms with Gasteiger partial charge in [0.1, 0.15) is 0 Å². The second-order valence-electron chi connectivity index (χ2n) is 6.45. The molecular formula is C15H28N2O. The van der Waals surface area contributed by atoms with Crippen molar-refractivity contribution < 1.29 is 4.74 Å². The fourth-order valence-electron chi connectivity index (χ4n) is 4.03. The van der Waals surface area contributed by atoms with E-state index in [4.69, 9.17) is 4.74 Å². The van der Waals surface area contributed by atoms with E-state index in [2.05, 4.69) is 10.2 Å². The Hall–Kier alpha value is -0.120. The SMILES string of the molecule is C1CC(CN2CCC(C3CCOCC3)C2)CCN1. The van der Waals surface area contributed by atoms with Crippen molar-refractivity contribution in [2.75, 3.05) is 45.9 Å². The van der Waals surface area contributed by atoms with E-state index in [1.807, 2.05) is 0 Å². The first-order chi connectivity index (χ1) is 8.92. The number of rotatable bonds is 3. The molecule has 0 amide bonds. The first-order valence-electron chi connectivity index (χ1n) is 7.92. The summed E-state index contributed by atoms with van der Waals surface area (Å²) >= 11 is 0. The molecule has 104 valence electrons. The van der Waals surface area contributed by atoms with Crippen molar-refractivity contribution in [2.24, 2.45) is 17.8 Å². The van der Waals surface area contributed by atoms with Gasteiger partial charge in [0.15, 0.2) is 0 Å². The second-order valence-corrected chi connectivity index (χ2v) is 6.45. The lowest BCUT2D eigenvalue weighted by molar-refractivity contribution is 0.0475. The van der Waals surface area contributed by atoms with E-state index in [9.17, 15) is 0 Å². The molecule has 0 saturated carbocycles. The third kappa shape index (κ3) is 3.25. The molecule has 0 aliphatic carbocycles. The van der Waals surface area contributed by atoms with Gasteiger partial charge in [-0.1, -0.05) is 0 Å². The number of likely N-dealkylation sites (tertiary alicyclic amines) is 1. The first-order valence-corrected chi connectivity index (χ1v) is 7.92. The summed E-state index contributed by atoms with van der Waals surface area (Å²) in [6.45, 7) is 8.58. The highest BCUT2D eigenvalue weighted by molar-refractivity contribution is 4.84.